The van der Waals surface area contributed by atoms with Crippen LogP contribution in [0.4, 0.5) is 5.69 Å². The highest BCUT2D eigenvalue weighted by molar-refractivity contribution is 7.92. The molecule has 2 atom stereocenters. The number of hydrogen-bond acceptors (Lipinski definition) is 9. The Morgan fingerprint density at radius 3 is 2.51 bits per heavy atom. The second-order valence-electron chi connectivity index (χ2n) is 11.4. The lowest BCUT2D eigenvalue weighted by Crippen LogP contribution is -2.32. The van der Waals surface area contributed by atoms with E-state index < -0.39 is 15.1 Å². The summed E-state index contributed by atoms with van der Waals surface area (Å²) in [6, 6.07) is 0.521. The van der Waals surface area contributed by atoms with Crippen LogP contribution in [0.2, 0.25) is 0 Å². The predicted molar refractivity (Wildman–Crippen MR) is 179 cm³/mol. The first-order valence-corrected chi connectivity index (χ1v) is 17.0. The van der Waals surface area contributed by atoms with Gasteiger partial charge in [0.1, 0.15) is 11.6 Å². The van der Waals surface area contributed by atoms with E-state index in [0.29, 0.717) is 34.9 Å². The maximum atomic E-state index is 12.9. The molecule has 0 unspecified atom stereocenters. The molecule has 43 heavy (non-hydrogen) atoms. The zero-order chi connectivity index (χ0) is 32.3. The average Bonchev–Trinajstić information content (AvgIpc) is 3.71. The van der Waals surface area contributed by atoms with Crippen LogP contribution >= 0.6 is 11.6 Å². The number of sulfone groups is 1. The van der Waals surface area contributed by atoms with Crippen molar-refractivity contribution in [3.63, 3.8) is 0 Å². The van der Waals surface area contributed by atoms with Gasteiger partial charge in [-0.3, -0.25) is 9.67 Å². The first-order valence-electron chi connectivity index (χ1n) is 15.0. The Kier molecular flexibility index (Phi) is 14.3. The van der Waals surface area contributed by atoms with Gasteiger partial charge in [-0.1, -0.05) is 38.1 Å². The van der Waals surface area contributed by atoms with Crippen molar-refractivity contribution in [3.05, 3.63) is 52.8 Å². The number of ether oxygens (including phenoxy) is 1. The van der Waals surface area contributed by atoms with E-state index in [2.05, 4.69) is 84.4 Å². The van der Waals surface area contributed by atoms with Gasteiger partial charge in [0.25, 0.3) is 0 Å². The normalized spacial score (nSPS) is 16.8. The molecule has 10 nitrogen and oxygen atoms in total. The molecule has 1 aliphatic carbocycles. The Labute approximate surface area is 264 Å². The molecular weight excluding hydrogens is 586 g/mol. The minimum absolute atomic E-state index is 0.0497. The summed E-state index contributed by atoms with van der Waals surface area (Å²) in [7, 11) is 1.80. The van der Waals surface area contributed by atoms with Crippen molar-refractivity contribution in [1.29, 1.82) is 0 Å². The van der Waals surface area contributed by atoms with Crippen LogP contribution in [0.3, 0.4) is 0 Å². The Morgan fingerprint density at radius 1 is 1.28 bits per heavy atom. The molecule has 0 bridgehead atoms. The maximum Gasteiger partial charge on any atom is 0.201 e. The van der Waals surface area contributed by atoms with Crippen molar-refractivity contribution < 1.29 is 13.2 Å². The molecule has 0 spiro atoms. The monoisotopic (exact) mass is 637 g/mol. The minimum atomic E-state index is -3.64. The van der Waals surface area contributed by atoms with Gasteiger partial charge in [0.15, 0.2) is 0 Å². The van der Waals surface area contributed by atoms with E-state index in [-0.39, 0.29) is 22.8 Å². The lowest BCUT2D eigenvalue weighted by molar-refractivity contribution is 0.201. The lowest BCUT2D eigenvalue weighted by atomic mass is 9.93. The highest BCUT2D eigenvalue weighted by atomic mass is 35.5. The fourth-order valence-electron chi connectivity index (χ4n) is 4.22. The minimum Gasteiger partial charge on any atom is -0.488 e. The fraction of sp³-hybridized carbons (Fsp3) is 0.613. The van der Waals surface area contributed by atoms with Crippen molar-refractivity contribution in [1.82, 2.24) is 25.3 Å². The molecule has 1 saturated carbocycles. The molecule has 2 rings (SSSR count). The van der Waals surface area contributed by atoms with Gasteiger partial charge in [0.2, 0.25) is 14.9 Å². The molecule has 1 aliphatic rings. The van der Waals surface area contributed by atoms with Crippen LogP contribution in [0.1, 0.15) is 67.2 Å². The van der Waals surface area contributed by atoms with Crippen LogP contribution in [0.5, 0.6) is 0 Å². The van der Waals surface area contributed by atoms with Crippen molar-refractivity contribution >= 4 is 33.3 Å². The molecule has 1 heterocycles. The molecule has 0 radical (unpaired) electrons. The van der Waals surface area contributed by atoms with Gasteiger partial charge in [-0.05, 0) is 84.5 Å². The zero-order valence-corrected chi connectivity index (χ0v) is 28.9. The summed E-state index contributed by atoms with van der Waals surface area (Å²) < 4.78 is 33.6. The molecule has 1 fully saturated rings. The van der Waals surface area contributed by atoms with Gasteiger partial charge in [0, 0.05) is 32.5 Å². The molecular formula is C31H52ClN7O3S. The second-order valence-corrected chi connectivity index (χ2v) is 14.2. The van der Waals surface area contributed by atoms with Crippen molar-refractivity contribution in [2.75, 3.05) is 32.6 Å². The number of rotatable bonds is 19. The summed E-state index contributed by atoms with van der Waals surface area (Å²) in [6.45, 7) is 17.5. The van der Waals surface area contributed by atoms with E-state index in [1.165, 1.54) is 16.5 Å². The molecule has 0 amide bonds. The standard InChI is InChI=1S/C31H52ClN7O3S/c1-11-25(22(5)13-14-23(6)38(9)12-2)17-29(42-26-15-16-26)24(7)34-20-35-30(27(32)18-33-8)36-28-19-39(10)37-31(28)43(40,41)21(3)4/h11,17-19,21-23,26,34-36H,7,12-16,20H2,1-6,8-10H3/b25-11-,29-17+,30-27?,33-18?/t22-,23-/m0/s1. The molecule has 0 saturated heterocycles. The van der Waals surface area contributed by atoms with E-state index in [1.807, 2.05) is 0 Å². The van der Waals surface area contributed by atoms with Gasteiger partial charge in [-0.2, -0.15) is 5.10 Å². The molecule has 0 aromatic carbocycles. The number of allylic oxidation sites excluding steroid dienone is 4. The Hall–Kier alpha value is -2.76. The van der Waals surface area contributed by atoms with Crippen LogP contribution < -0.4 is 16.0 Å². The molecule has 0 aliphatic heterocycles. The molecule has 242 valence electrons. The van der Waals surface area contributed by atoms with Crippen LogP contribution in [-0.2, 0) is 21.6 Å². The third-order valence-corrected chi connectivity index (χ3v) is 9.95. The lowest BCUT2D eigenvalue weighted by Gasteiger charge is -2.25. The number of halogens is 1. The summed E-state index contributed by atoms with van der Waals surface area (Å²) in [6.07, 6.45) is 11.7. The number of aliphatic imine (C=N–C) groups is 1. The topological polar surface area (TPSA) is 113 Å². The van der Waals surface area contributed by atoms with Gasteiger partial charge < -0.3 is 25.6 Å². The Morgan fingerprint density at radius 2 is 1.95 bits per heavy atom. The number of aryl methyl sites for hydroxylation is 1. The summed E-state index contributed by atoms with van der Waals surface area (Å²) in [5, 5.41) is 13.4. The smallest absolute Gasteiger partial charge is 0.201 e. The zero-order valence-electron chi connectivity index (χ0n) is 27.4. The van der Waals surface area contributed by atoms with Gasteiger partial charge >= 0.3 is 0 Å². The largest absolute Gasteiger partial charge is 0.488 e. The number of anilines is 1. The highest BCUT2D eigenvalue weighted by Gasteiger charge is 2.28. The first-order chi connectivity index (χ1) is 20.2. The van der Waals surface area contributed by atoms with E-state index in [0.717, 1.165) is 32.2 Å². The Balaban J connectivity index is 2.18. The SMILES string of the molecule is C=C(NCNC(Nc1cn(C)nc1S(=O)(=O)C(C)C)=C(Cl)C=NC)/C(=C\C(=C\C)[C@@H](C)CC[C@H](C)N(C)CC)OC1CC1. The van der Waals surface area contributed by atoms with Crippen molar-refractivity contribution in [3.8, 4) is 0 Å². The van der Waals surface area contributed by atoms with E-state index >= 15 is 0 Å². The number of aromatic nitrogens is 2. The van der Waals surface area contributed by atoms with Crippen molar-refractivity contribution in [2.45, 2.75) is 89.6 Å². The Bertz CT molecular complexity index is 1310. The average molecular weight is 638 g/mol. The van der Waals surface area contributed by atoms with Gasteiger partial charge in [-0.15, -0.1) is 0 Å². The van der Waals surface area contributed by atoms with Crippen molar-refractivity contribution in [2.24, 2.45) is 18.0 Å². The third-order valence-electron chi connectivity index (χ3n) is 7.58. The first kappa shape index (κ1) is 36.4. The van der Waals surface area contributed by atoms with Crippen LogP contribution in [-0.4, -0.2) is 74.0 Å². The summed E-state index contributed by atoms with van der Waals surface area (Å²) in [5.41, 5.74) is 2.15. The molecule has 1 aromatic heterocycles. The second kappa shape index (κ2) is 16.9. The molecule has 3 N–H and O–H groups in total. The van der Waals surface area contributed by atoms with Gasteiger partial charge in [0.05, 0.1) is 34.4 Å². The third kappa shape index (κ3) is 11.0. The fourth-order valence-corrected chi connectivity index (χ4v) is 5.53. The number of nitrogens with one attached hydrogen (secondary N) is 3. The van der Waals surface area contributed by atoms with Crippen LogP contribution in [0.15, 0.2) is 62.8 Å². The quantitative estimate of drug-likeness (QED) is 0.0785. The van der Waals surface area contributed by atoms with E-state index in [1.54, 1.807) is 34.1 Å². The number of nitrogens with zero attached hydrogens (tertiary/aromatic N) is 4. The maximum absolute atomic E-state index is 12.9. The van der Waals surface area contributed by atoms with Gasteiger partial charge in [-0.25, -0.2) is 8.42 Å². The van der Waals surface area contributed by atoms with Crippen LogP contribution in [0.25, 0.3) is 0 Å². The van der Waals surface area contributed by atoms with Crippen LogP contribution in [0, 0.1) is 5.92 Å². The van der Waals surface area contributed by atoms with E-state index in [9.17, 15) is 8.42 Å². The summed E-state index contributed by atoms with van der Waals surface area (Å²) >= 11 is 6.52. The van der Waals surface area contributed by atoms with E-state index in [4.69, 9.17) is 16.3 Å². The molecule has 12 heteroatoms. The highest BCUT2D eigenvalue weighted by Crippen LogP contribution is 2.30. The summed E-state index contributed by atoms with van der Waals surface area (Å²) in [4.78, 5) is 6.37. The molecule has 1 aromatic rings. The summed E-state index contributed by atoms with van der Waals surface area (Å²) in [5.74, 6) is 1.44. The predicted octanol–water partition coefficient (Wildman–Crippen LogP) is 5.54. The number of hydrogen-bond donors (Lipinski definition) is 3.